The van der Waals surface area contributed by atoms with Gasteiger partial charge in [-0.2, -0.15) is 0 Å². The van der Waals surface area contributed by atoms with E-state index >= 15 is 0 Å². The lowest BCUT2D eigenvalue weighted by atomic mass is 10.0. The first-order chi connectivity index (χ1) is 7.35. The molecule has 0 radical (unpaired) electrons. The predicted molar refractivity (Wildman–Crippen MR) is 65.9 cm³/mol. The number of hydrogen-bond acceptors (Lipinski definition) is 1. The summed E-state index contributed by atoms with van der Waals surface area (Å²) in [6, 6.07) is 8.54. The number of aryl methyl sites for hydroxylation is 1. The van der Waals surface area contributed by atoms with E-state index in [2.05, 4.69) is 55.6 Å². The summed E-state index contributed by atoms with van der Waals surface area (Å²) in [5.74, 6) is 0. The summed E-state index contributed by atoms with van der Waals surface area (Å²) in [5.41, 5.74) is 5.33. The molecule has 0 unspecified atom stereocenters. The topological polar surface area (TPSA) is 12.0 Å². The Morgan fingerprint density at radius 1 is 1.07 bits per heavy atom. The van der Waals surface area contributed by atoms with Crippen LogP contribution >= 0.6 is 0 Å². The van der Waals surface area contributed by atoms with Crippen molar-refractivity contribution in [2.24, 2.45) is 0 Å². The average molecular weight is 199 g/mol. The van der Waals surface area contributed by atoms with Crippen molar-refractivity contribution in [1.29, 1.82) is 0 Å². The fourth-order valence-electron chi connectivity index (χ4n) is 2.05. The van der Waals surface area contributed by atoms with E-state index in [1.165, 1.54) is 22.5 Å². The summed E-state index contributed by atoms with van der Waals surface area (Å²) >= 11 is 0. The third kappa shape index (κ3) is 1.96. The third-order valence-electron chi connectivity index (χ3n) is 2.93. The van der Waals surface area contributed by atoms with Gasteiger partial charge < -0.3 is 5.32 Å². The molecule has 0 saturated carbocycles. The molecule has 0 atom stereocenters. The normalized spacial score (nSPS) is 20.9. The van der Waals surface area contributed by atoms with Crippen molar-refractivity contribution >= 4 is 5.69 Å². The van der Waals surface area contributed by atoms with Crippen LogP contribution in [0.15, 0.2) is 47.7 Å². The molecule has 0 amide bonds. The van der Waals surface area contributed by atoms with E-state index in [0.29, 0.717) is 0 Å². The Balaban J connectivity index is 2.41. The van der Waals surface area contributed by atoms with Crippen molar-refractivity contribution in [3.8, 4) is 0 Å². The highest BCUT2D eigenvalue weighted by atomic mass is 14.9. The van der Waals surface area contributed by atoms with E-state index < -0.39 is 0 Å². The van der Waals surface area contributed by atoms with Gasteiger partial charge in [-0.25, -0.2) is 0 Å². The van der Waals surface area contributed by atoms with Crippen LogP contribution in [0.2, 0.25) is 0 Å². The summed E-state index contributed by atoms with van der Waals surface area (Å²) in [5, 5.41) is 3.50. The van der Waals surface area contributed by atoms with Crippen molar-refractivity contribution in [2.45, 2.75) is 26.7 Å². The summed E-state index contributed by atoms with van der Waals surface area (Å²) in [4.78, 5) is 0. The van der Waals surface area contributed by atoms with Gasteiger partial charge in [0.1, 0.15) is 0 Å². The standard InChI is InChI=1S/C14H17N/c1-3-11-9-10-12-7-5-6-8-14(12)15-13(11)4-2/h3-8,15H,9-10H2,1-2H3/b11-3-,13-4+. The molecule has 1 N–H and O–H groups in total. The molecule has 15 heavy (non-hydrogen) atoms. The molecule has 0 spiro atoms. The van der Waals surface area contributed by atoms with Gasteiger partial charge in [0.05, 0.1) is 0 Å². The molecule has 1 heteroatoms. The first-order valence-electron chi connectivity index (χ1n) is 5.52. The van der Waals surface area contributed by atoms with Crippen molar-refractivity contribution in [1.82, 2.24) is 0 Å². The largest absolute Gasteiger partial charge is 0.355 e. The molecule has 2 rings (SSSR count). The van der Waals surface area contributed by atoms with Crippen molar-refractivity contribution in [2.75, 3.05) is 5.32 Å². The Kier molecular flexibility index (Phi) is 2.91. The molecular weight excluding hydrogens is 182 g/mol. The van der Waals surface area contributed by atoms with E-state index in [4.69, 9.17) is 0 Å². The maximum atomic E-state index is 3.50. The number of rotatable bonds is 0. The Hall–Kier alpha value is -1.50. The van der Waals surface area contributed by atoms with Crippen molar-refractivity contribution in [3.05, 3.63) is 53.3 Å². The van der Waals surface area contributed by atoms with Gasteiger partial charge in [-0.3, -0.25) is 0 Å². The van der Waals surface area contributed by atoms with Crippen molar-refractivity contribution in [3.63, 3.8) is 0 Å². The van der Waals surface area contributed by atoms with Gasteiger partial charge in [-0.15, -0.1) is 0 Å². The van der Waals surface area contributed by atoms with Crippen LogP contribution in [0, 0.1) is 0 Å². The number of allylic oxidation sites excluding steroid dienone is 3. The smallest absolute Gasteiger partial charge is 0.0416 e. The van der Waals surface area contributed by atoms with Crippen LogP contribution in [0.4, 0.5) is 5.69 Å². The van der Waals surface area contributed by atoms with Gasteiger partial charge in [-0.1, -0.05) is 30.4 Å². The van der Waals surface area contributed by atoms with Gasteiger partial charge in [-0.05, 0) is 43.9 Å². The molecule has 0 bridgehead atoms. The zero-order valence-corrected chi connectivity index (χ0v) is 9.38. The highest BCUT2D eigenvalue weighted by Crippen LogP contribution is 2.28. The lowest BCUT2D eigenvalue weighted by Crippen LogP contribution is -2.00. The molecule has 0 saturated heterocycles. The summed E-state index contributed by atoms with van der Waals surface area (Å²) < 4.78 is 0. The van der Waals surface area contributed by atoms with Gasteiger partial charge in [0, 0.05) is 11.4 Å². The second kappa shape index (κ2) is 4.35. The Labute approximate surface area is 91.5 Å². The Bertz CT molecular complexity index is 413. The van der Waals surface area contributed by atoms with E-state index in [9.17, 15) is 0 Å². The number of nitrogens with one attached hydrogen (secondary N) is 1. The molecule has 78 valence electrons. The second-order valence-electron chi connectivity index (χ2n) is 3.80. The molecule has 0 fully saturated rings. The third-order valence-corrected chi connectivity index (χ3v) is 2.93. The zero-order chi connectivity index (χ0) is 10.7. The molecule has 1 aliphatic heterocycles. The maximum absolute atomic E-state index is 3.50. The lowest BCUT2D eigenvalue weighted by molar-refractivity contribution is 0.968. The molecule has 0 aliphatic carbocycles. The molecule has 1 aromatic carbocycles. The van der Waals surface area contributed by atoms with E-state index in [0.717, 1.165) is 12.8 Å². The Morgan fingerprint density at radius 3 is 2.60 bits per heavy atom. The van der Waals surface area contributed by atoms with Gasteiger partial charge in [0.25, 0.3) is 0 Å². The van der Waals surface area contributed by atoms with Crippen LogP contribution < -0.4 is 5.32 Å². The van der Waals surface area contributed by atoms with Crippen LogP contribution in [0.1, 0.15) is 25.8 Å². The maximum Gasteiger partial charge on any atom is 0.0416 e. The summed E-state index contributed by atoms with van der Waals surface area (Å²) in [6.07, 6.45) is 6.60. The number of benzene rings is 1. The molecule has 1 nitrogen and oxygen atoms in total. The van der Waals surface area contributed by atoms with Crippen LogP contribution in [0.5, 0.6) is 0 Å². The van der Waals surface area contributed by atoms with Crippen LogP contribution in [0.3, 0.4) is 0 Å². The lowest BCUT2D eigenvalue weighted by Gasteiger charge is -2.10. The van der Waals surface area contributed by atoms with Gasteiger partial charge in [0.2, 0.25) is 0 Å². The number of fused-ring (bicyclic) bond motifs is 1. The average Bonchev–Trinajstić information content (AvgIpc) is 2.47. The Morgan fingerprint density at radius 2 is 1.87 bits per heavy atom. The molecular formula is C14H17N. The van der Waals surface area contributed by atoms with Crippen molar-refractivity contribution < 1.29 is 0 Å². The van der Waals surface area contributed by atoms with E-state index in [1.54, 1.807) is 0 Å². The minimum Gasteiger partial charge on any atom is -0.355 e. The van der Waals surface area contributed by atoms with Crippen LogP contribution in [-0.2, 0) is 6.42 Å². The number of hydrogen-bond donors (Lipinski definition) is 1. The molecule has 1 heterocycles. The first-order valence-corrected chi connectivity index (χ1v) is 5.52. The second-order valence-corrected chi connectivity index (χ2v) is 3.80. The number of anilines is 1. The minimum absolute atomic E-state index is 1.13. The summed E-state index contributed by atoms with van der Waals surface area (Å²) in [7, 11) is 0. The highest BCUT2D eigenvalue weighted by molar-refractivity contribution is 5.60. The van der Waals surface area contributed by atoms with Crippen LogP contribution in [0.25, 0.3) is 0 Å². The van der Waals surface area contributed by atoms with Crippen LogP contribution in [-0.4, -0.2) is 0 Å². The highest BCUT2D eigenvalue weighted by Gasteiger charge is 2.12. The molecule has 1 aliphatic rings. The fraction of sp³-hybridized carbons (Fsp3) is 0.286. The van der Waals surface area contributed by atoms with E-state index in [1.807, 2.05) is 0 Å². The fourth-order valence-corrected chi connectivity index (χ4v) is 2.05. The minimum atomic E-state index is 1.13. The monoisotopic (exact) mass is 199 g/mol. The predicted octanol–water partition coefficient (Wildman–Crippen LogP) is 3.89. The quantitative estimate of drug-likeness (QED) is 0.668. The molecule has 1 aromatic rings. The SMILES string of the molecule is C/C=C1/CCc2ccccc2N/C1=C/C. The zero-order valence-electron chi connectivity index (χ0n) is 9.38. The van der Waals surface area contributed by atoms with Gasteiger partial charge >= 0.3 is 0 Å². The molecule has 0 aromatic heterocycles. The number of para-hydroxylation sites is 1. The van der Waals surface area contributed by atoms with E-state index in [-0.39, 0.29) is 0 Å². The summed E-state index contributed by atoms with van der Waals surface area (Å²) in [6.45, 7) is 4.19. The van der Waals surface area contributed by atoms with Gasteiger partial charge in [0.15, 0.2) is 0 Å². The first kappa shape index (κ1) is 10.0.